The molecule has 0 aliphatic heterocycles. The van der Waals surface area contributed by atoms with Crippen LogP contribution in [0.1, 0.15) is 22.8 Å². The maximum absolute atomic E-state index is 10.5. The van der Waals surface area contributed by atoms with Crippen molar-refractivity contribution in [2.24, 2.45) is 0 Å². The Morgan fingerprint density at radius 2 is 1.68 bits per heavy atom. The van der Waals surface area contributed by atoms with E-state index in [0.717, 1.165) is 23.2 Å². The van der Waals surface area contributed by atoms with Gasteiger partial charge < -0.3 is 10.0 Å². The average Bonchev–Trinajstić information content (AvgIpc) is 2.39. The number of hydrogen-bond donors (Lipinski definition) is 1. The lowest BCUT2D eigenvalue weighted by molar-refractivity contribution is 0.217. The second kappa shape index (κ2) is 6.20. The van der Waals surface area contributed by atoms with E-state index < -0.39 is 6.10 Å². The Morgan fingerprint density at radius 3 is 2.32 bits per heavy atom. The Morgan fingerprint density at radius 1 is 1.05 bits per heavy atom. The number of aliphatic hydroxyl groups excluding tert-OH is 1. The summed E-state index contributed by atoms with van der Waals surface area (Å²) < 4.78 is 0. The van der Waals surface area contributed by atoms with Gasteiger partial charge in [-0.1, -0.05) is 48.0 Å². The molecule has 0 radical (unpaired) electrons. The van der Waals surface area contributed by atoms with Gasteiger partial charge in [0.05, 0.1) is 0 Å². The molecule has 0 amide bonds. The normalized spacial score (nSPS) is 12.7. The standard InChI is InChI=1S/C16H18ClNO/c1-18(2)11-13-5-3-4-6-15(13)16(19)12-7-9-14(17)10-8-12/h3-10,16,19H,11H2,1-2H3/t16-/m0/s1. The fourth-order valence-corrected chi connectivity index (χ4v) is 2.24. The number of halogens is 1. The first kappa shape index (κ1) is 14.1. The van der Waals surface area contributed by atoms with Gasteiger partial charge in [-0.15, -0.1) is 0 Å². The number of nitrogens with zero attached hydrogens (tertiary/aromatic N) is 1. The van der Waals surface area contributed by atoms with E-state index in [1.54, 1.807) is 12.1 Å². The van der Waals surface area contributed by atoms with E-state index in [1.165, 1.54) is 0 Å². The summed E-state index contributed by atoms with van der Waals surface area (Å²) in [5.41, 5.74) is 2.93. The van der Waals surface area contributed by atoms with Crippen LogP contribution in [0.25, 0.3) is 0 Å². The molecule has 0 aliphatic carbocycles. The molecule has 0 saturated carbocycles. The summed E-state index contributed by atoms with van der Waals surface area (Å²) in [6, 6.07) is 15.3. The molecule has 2 aromatic carbocycles. The largest absolute Gasteiger partial charge is 0.384 e. The van der Waals surface area contributed by atoms with E-state index in [0.29, 0.717) is 5.02 Å². The molecule has 0 aliphatic rings. The highest BCUT2D eigenvalue weighted by atomic mass is 35.5. The fraction of sp³-hybridized carbons (Fsp3) is 0.250. The van der Waals surface area contributed by atoms with Crippen LogP contribution < -0.4 is 0 Å². The maximum atomic E-state index is 10.5. The molecule has 2 nitrogen and oxygen atoms in total. The fourth-order valence-electron chi connectivity index (χ4n) is 2.11. The molecule has 0 aromatic heterocycles. The summed E-state index contributed by atoms with van der Waals surface area (Å²) >= 11 is 5.87. The van der Waals surface area contributed by atoms with Crippen LogP contribution in [0.3, 0.4) is 0 Å². The second-order valence-corrected chi connectivity index (χ2v) is 5.33. The third-order valence-corrected chi connectivity index (χ3v) is 3.27. The van der Waals surface area contributed by atoms with E-state index >= 15 is 0 Å². The van der Waals surface area contributed by atoms with Crippen molar-refractivity contribution in [3.8, 4) is 0 Å². The van der Waals surface area contributed by atoms with Crippen molar-refractivity contribution in [2.75, 3.05) is 14.1 Å². The van der Waals surface area contributed by atoms with Gasteiger partial charge >= 0.3 is 0 Å². The van der Waals surface area contributed by atoms with Crippen LogP contribution in [-0.4, -0.2) is 24.1 Å². The van der Waals surface area contributed by atoms with E-state index in [9.17, 15) is 5.11 Å². The zero-order valence-electron chi connectivity index (χ0n) is 11.2. The first-order valence-corrected chi connectivity index (χ1v) is 6.62. The van der Waals surface area contributed by atoms with Gasteiger partial charge in [-0.25, -0.2) is 0 Å². The van der Waals surface area contributed by atoms with Crippen molar-refractivity contribution in [2.45, 2.75) is 12.6 Å². The Kier molecular flexibility index (Phi) is 4.59. The lowest BCUT2D eigenvalue weighted by Gasteiger charge is -2.18. The molecule has 0 saturated heterocycles. The monoisotopic (exact) mass is 275 g/mol. The molecular weight excluding hydrogens is 258 g/mol. The van der Waals surface area contributed by atoms with Crippen LogP contribution in [0.15, 0.2) is 48.5 Å². The van der Waals surface area contributed by atoms with Crippen LogP contribution in [0.5, 0.6) is 0 Å². The van der Waals surface area contributed by atoms with Crippen LogP contribution >= 0.6 is 11.6 Å². The van der Waals surface area contributed by atoms with Gasteiger partial charge in [0.2, 0.25) is 0 Å². The molecule has 0 fully saturated rings. The third-order valence-electron chi connectivity index (χ3n) is 3.02. The molecule has 0 unspecified atom stereocenters. The summed E-state index contributed by atoms with van der Waals surface area (Å²) in [4.78, 5) is 2.09. The average molecular weight is 276 g/mol. The molecule has 100 valence electrons. The van der Waals surface area contributed by atoms with Gasteiger partial charge in [-0.3, -0.25) is 0 Å². The number of rotatable bonds is 4. The number of benzene rings is 2. The van der Waals surface area contributed by atoms with Crippen molar-refractivity contribution in [1.82, 2.24) is 4.90 Å². The molecule has 3 heteroatoms. The summed E-state index contributed by atoms with van der Waals surface area (Å²) in [5, 5.41) is 11.2. The third kappa shape index (κ3) is 3.57. The van der Waals surface area contributed by atoms with E-state index in [2.05, 4.69) is 11.0 Å². The summed E-state index contributed by atoms with van der Waals surface area (Å²) in [7, 11) is 4.04. The number of hydrogen-bond acceptors (Lipinski definition) is 2. The first-order chi connectivity index (χ1) is 9.08. The van der Waals surface area contributed by atoms with Crippen molar-refractivity contribution in [3.05, 3.63) is 70.2 Å². The zero-order chi connectivity index (χ0) is 13.8. The van der Waals surface area contributed by atoms with Crippen molar-refractivity contribution in [3.63, 3.8) is 0 Å². The molecule has 19 heavy (non-hydrogen) atoms. The molecule has 1 N–H and O–H groups in total. The van der Waals surface area contributed by atoms with Gasteiger partial charge in [-0.05, 0) is 42.9 Å². The summed E-state index contributed by atoms with van der Waals surface area (Å²) in [6.45, 7) is 0.806. The minimum atomic E-state index is -0.617. The van der Waals surface area contributed by atoms with E-state index in [1.807, 2.05) is 44.4 Å². The van der Waals surface area contributed by atoms with Crippen LogP contribution in [0.2, 0.25) is 5.02 Å². The van der Waals surface area contributed by atoms with Crippen LogP contribution in [-0.2, 0) is 6.54 Å². The van der Waals surface area contributed by atoms with Gasteiger partial charge in [0.1, 0.15) is 6.10 Å². The summed E-state index contributed by atoms with van der Waals surface area (Å²) in [6.07, 6.45) is -0.617. The second-order valence-electron chi connectivity index (χ2n) is 4.89. The zero-order valence-corrected chi connectivity index (χ0v) is 11.9. The SMILES string of the molecule is CN(C)Cc1ccccc1[C@@H](O)c1ccc(Cl)cc1. The molecule has 0 heterocycles. The first-order valence-electron chi connectivity index (χ1n) is 6.24. The predicted octanol–water partition coefficient (Wildman–Crippen LogP) is 3.48. The molecule has 2 rings (SSSR count). The highest BCUT2D eigenvalue weighted by molar-refractivity contribution is 6.30. The highest BCUT2D eigenvalue weighted by Crippen LogP contribution is 2.26. The Hall–Kier alpha value is -1.35. The Balaban J connectivity index is 2.32. The lowest BCUT2D eigenvalue weighted by Crippen LogP contribution is -2.14. The quantitative estimate of drug-likeness (QED) is 0.923. The van der Waals surface area contributed by atoms with Crippen molar-refractivity contribution >= 4 is 11.6 Å². The van der Waals surface area contributed by atoms with Gasteiger partial charge in [-0.2, -0.15) is 0 Å². The van der Waals surface area contributed by atoms with Crippen LogP contribution in [0.4, 0.5) is 0 Å². The molecule has 0 spiro atoms. The van der Waals surface area contributed by atoms with Crippen molar-refractivity contribution in [1.29, 1.82) is 0 Å². The Bertz CT molecular complexity index is 537. The Labute approximate surface area is 119 Å². The van der Waals surface area contributed by atoms with E-state index in [-0.39, 0.29) is 0 Å². The number of aliphatic hydroxyl groups is 1. The van der Waals surface area contributed by atoms with Crippen LogP contribution in [0, 0.1) is 0 Å². The molecule has 2 aromatic rings. The molecule has 0 bridgehead atoms. The van der Waals surface area contributed by atoms with Crippen molar-refractivity contribution < 1.29 is 5.11 Å². The predicted molar refractivity (Wildman–Crippen MR) is 79.3 cm³/mol. The van der Waals surface area contributed by atoms with E-state index in [4.69, 9.17) is 11.6 Å². The smallest absolute Gasteiger partial charge is 0.104 e. The maximum Gasteiger partial charge on any atom is 0.104 e. The minimum Gasteiger partial charge on any atom is -0.384 e. The van der Waals surface area contributed by atoms with Gasteiger partial charge in [0.25, 0.3) is 0 Å². The molecule has 1 atom stereocenters. The summed E-state index contributed by atoms with van der Waals surface area (Å²) in [5.74, 6) is 0. The highest BCUT2D eigenvalue weighted by Gasteiger charge is 2.14. The minimum absolute atomic E-state index is 0.617. The lowest BCUT2D eigenvalue weighted by atomic mass is 9.96. The molecular formula is C16H18ClNO. The van der Waals surface area contributed by atoms with Gasteiger partial charge in [0, 0.05) is 11.6 Å². The topological polar surface area (TPSA) is 23.5 Å². The van der Waals surface area contributed by atoms with Gasteiger partial charge in [0.15, 0.2) is 0 Å².